The molecule has 1 N–H and O–H groups in total. The summed E-state index contributed by atoms with van der Waals surface area (Å²) in [4.78, 5) is 17.6. The van der Waals surface area contributed by atoms with Crippen LogP contribution >= 0.6 is 11.3 Å². The molecule has 0 spiro atoms. The molecule has 102 valence electrons. The molecule has 0 aliphatic rings. The van der Waals surface area contributed by atoms with Crippen molar-refractivity contribution in [2.75, 3.05) is 13.1 Å². The molecule has 18 heavy (non-hydrogen) atoms. The monoisotopic (exact) mass is 270 g/mol. The molecule has 0 radical (unpaired) electrons. The Morgan fingerprint density at radius 2 is 2.28 bits per heavy atom. The van der Waals surface area contributed by atoms with E-state index in [-0.39, 0.29) is 5.92 Å². The second kappa shape index (κ2) is 7.48. The normalized spacial score (nSPS) is 12.9. The zero-order valence-electron chi connectivity index (χ0n) is 11.3. The van der Waals surface area contributed by atoms with Crippen molar-refractivity contribution in [3.63, 3.8) is 0 Å². The van der Waals surface area contributed by atoms with E-state index in [9.17, 15) is 4.79 Å². The van der Waals surface area contributed by atoms with Gasteiger partial charge in [0.05, 0.1) is 16.6 Å². The summed E-state index contributed by atoms with van der Waals surface area (Å²) >= 11 is 1.70. The number of carboxylic acid groups (broad SMARTS) is 1. The molecule has 0 aliphatic carbocycles. The average molecular weight is 270 g/mol. The van der Waals surface area contributed by atoms with E-state index < -0.39 is 5.97 Å². The first kappa shape index (κ1) is 15.1. The van der Waals surface area contributed by atoms with Crippen LogP contribution in [0.3, 0.4) is 0 Å². The smallest absolute Gasteiger partial charge is 0.307 e. The fraction of sp³-hybridized carbons (Fsp3) is 0.692. The SMILES string of the molecule is CCCc1nc(CN(CC)CC(C)C(=O)O)cs1. The lowest BCUT2D eigenvalue weighted by Gasteiger charge is -2.21. The lowest BCUT2D eigenvalue weighted by atomic mass is 10.1. The van der Waals surface area contributed by atoms with Crippen molar-refractivity contribution in [2.24, 2.45) is 5.92 Å². The summed E-state index contributed by atoms with van der Waals surface area (Å²) in [5, 5.41) is 12.2. The molecule has 1 unspecified atom stereocenters. The summed E-state index contributed by atoms with van der Waals surface area (Å²) in [6.07, 6.45) is 2.14. The number of nitrogens with zero attached hydrogens (tertiary/aromatic N) is 2. The van der Waals surface area contributed by atoms with Crippen LogP contribution in [0.4, 0.5) is 0 Å². The maximum atomic E-state index is 10.9. The highest BCUT2D eigenvalue weighted by molar-refractivity contribution is 7.09. The second-order valence-electron chi connectivity index (χ2n) is 4.55. The third-order valence-electron chi connectivity index (χ3n) is 2.85. The molecule has 1 heterocycles. The Kier molecular flexibility index (Phi) is 6.29. The van der Waals surface area contributed by atoms with Crippen LogP contribution in [-0.2, 0) is 17.8 Å². The topological polar surface area (TPSA) is 53.4 Å². The Bertz CT molecular complexity index is 379. The maximum absolute atomic E-state index is 10.9. The van der Waals surface area contributed by atoms with Crippen LogP contribution in [0.15, 0.2) is 5.38 Å². The highest BCUT2D eigenvalue weighted by Gasteiger charge is 2.16. The molecule has 0 aliphatic heterocycles. The zero-order chi connectivity index (χ0) is 13.5. The molecule has 0 amide bonds. The summed E-state index contributed by atoms with van der Waals surface area (Å²) in [5.41, 5.74) is 1.06. The lowest BCUT2D eigenvalue weighted by Crippen LogP contribution is -2.31. The zero-order valence-corrected chi connectivity index (χ0v) is 12.2. The van der Waals surface area contributed by atoms with Crippen LogP contribution in [0.5, 0.6) is 0 Å². The standard InChI is InChI=1S/C13H22N2O2S/c1-4-6-12-14-11(9-18-12)8-15(5-2)7-10(3)13(16)17/h9-10H,4-8H2,1-3H3,(H,16,17). The Balaban J connectivity index is 2.53. The molecule has 1 rings (SSSR count). The minimum atomic E-state index is -0.738. The van der Waals surface area contributed by atoms with Gasteiger partial charge >= 0.3 is 5.97 Å². The van der Waals surface area contributed by atoms with Crippen LogP contribution in [0.2, 0.25) is 0 Å². The van der Waals surface area contributed by atoms with Crippen molar-refractivity contribution in [1.29, 1.82) is 0 Å². The van der Waals surface area contributed by atoms with Gasteiger partial charge in [-0.15, -0.1) is 11.3 Å². The number of hydrogen-bond donors (Lipinski definition) is 1. The van der Waals surface area contributed by atoms with E-state index in [0.717, 1.165) is 31.6 Å². The van der Waals surface area contributed by atoms with Crippen molar-refractivity contribution in [2.45, 2.75) is 40.2 Å². The Hall–Kier alpha value is -0.940. The summed E-state index contributed by atoms with van der Waals surface area (Å²) in [5.74, 6) is -1.07. The molecule has 4 nitrogen and oxygen atoms in total. The van der Waals surface area contributed by atoms with Gasteiger partial charge in [-0.1, -0.05) is 20.8 Å². The van der Waals surface area contributed by atoms with E-state index in [4.69, 9.17) is 5.11 Å². The van der Waals surface area contributed by atoms with Crippen molar-refractivity contribution in [3.8, 4) is 0 Å². The van der Waals surface area contributed by atoms with Crippen molar-refractivity contribution >= 4 is 17.3 Å². The number of carboxylic acids is 1. The number of aliphatic carboxylic acids is 1. The van der Waals surface area contributed by atoms with Gasteiger partial charge in [-0.2, -0.15) is 0 Å². The molecule has 1 aromatic rings. The number of aryl methyl sites for hydroxylation is 1. The molecule has 0 saturated carbocycles. The Morgan fingerprint density at radius 1 is 1.56 bits per heavy atom. The van der Waals surface area contributed by atoms with Crippen LogP contribution in [0.25, 0.3) is 0 Å². The van der Waals surface area contributed by atoms with Gasteiger partial charge < -0.3 is 5.11 Å². The highest BCUT2D eigenvalue weighted by Crippen LogP contribution is 2.14. The molecule has 0 aromatic carbocycles. The summed E-state index contributed by atoms with van der Waals surface area (Å²) in [7, 11) is 0. The van der Waals surface area contributed by atoms with Crippen LogP contribution in [0.1, 0.15) is 37.9 Å². The van der Waals surface area contributed by atoms with E-state index in [0.29, 0.717) is 6.54 Å². The minimum absolute atomic E-state index is 0.335. The van der Waals surface area contributed by atoms with Crippen molar-refractivity contribution in [1.82, 2.24) is 9.88 Å². The van der Waals surface area contributed by atoms with Gasteiger partial charge in [-0.05, 0) is 19.4 Å². The number of aromatic nitrogens is 1. The molecule has 1 atom stereocenters. The third-order valence-corrected chi connectivity index (χ3v) is 3.81. The first-order valence-electron chi connectivity index (χ1n) is 6.45. The van der Waals surface area contributed by atoms with Crippen LogP contribution < -0.4 is 0 Å². The number of hydrogen-bond acceptors (Lipinski definition) is 4. The van der Waals surface area contributed by atoms with E-state index in [2.05, 4.69) is 22.2 Å². The van der Waals surface area contributed by atoms with Gasteiger partial charge in [0.25, 0.3) is 0 Å². The van der Waals surface area contributed by atoms with Gasteiger partial charge in [-0.3, -0.25) is 9.69 Å². The Labute approximate surface area is 113 Å². The van der Waals surface area contributed by atoms with Gasteiger partial charge in [0.15, 0.2) is 0 Å². The van der Waals surface area contributed by atoms with Gasteiger partial charge in [0, 0.05) is 18.5 Å². The lowest BCUT2D eigenvalue weighted by molar-refractivity contribution is -0.141. The number of carbonyl (C=O) groups is 1. The van der Waals surface area contributed by atoms with Gasteiger partial charge in [0.2, 0.25) is 0 Å². The average Bonchev–Trinajstić information content (AvgIpc) is 2.76. The maximum Gasteiger partial charge on any atom is 0.307 e. The summed E-state index contributed by atoms with van der Waals surface area (Å²) < 4.78 is 0. The molecular formula is C13H22N2O2S. The first-order valence-corrected chi connectivity index (χ1v) is 7.33. The van der Waals surface area contributed by atoms with E-state index in [1.165, 1.54) is 5.01 Å². The van der Waals surface area contributed by atoms with Crippen LogP contribution in [-0.4, -0.2) is 34.0 Å². The highest BCUT2D eigenvalue weighted by atomic mass is 32.1. The molecule has 0 bridgehead atoms. The van der Waals surface area contributed by atoms with E-state index in [1.807, 2.05) is 6.92 Å². The van der Waals surface area contributed by atoms with Crippen LogP contribution in [0, 0.1) is 5.92 Å². The molecule has 5 heteroatoms. The first-order chi connectivity index (χ1) is 8.56. The molecule has 0 fully saturated rings. The summed E-state index contributed by atoms with van der Waals surface area (Å²) in [6.45, 7) is 8.11. The molecule has 0 saturated heterocycles. The predicted octanol–water partition coefficient (Wildman–Crippen LogP) is 2.64. The van der Waals surface area contributed by atoms with Crippen molar-refractivity contribution in [3.05, 3.63) is 16.1 Å². The largest absolute Gasteiger partial charge is 0.481 e. The van der Waals surface area contributed by atoms with E-state index in [1.54, 1.807) is 18.3 Å². The van der Waals surface area contributed by atoms with E-state index >= 15 is 0 Å². The van der Waals surface area contributed by atoms with Gasteiger partial charge in [-0.25, -0.2) is 4.98 Å². The predicted molar refractivity (Wildman–Crippen MR) is 73.9 cm³/mol. The van der Waals surface area contributed by atoms with Crippen molar-refractivity contribution < 1.29 is 9.90 Å². The summed E-state index contributed by atoms with van der Waals surface area (Å²) in [6, 6.07) is 0. The third kappa shape index (κ3) is 4.74. The number of thiazole rings is 1. The fourth-order valence-corrected chi connectivity index (χ4v) is 2.64. The quantitative estimate of drug-likeness (QED) is 0.789. The fourth-order valence-electron chi connectivity index (χ4n) is 1.75. The minimum Gasteiger partial charge on any atom is -0.481 e. The van der Waals surface area contributed by atoms with Gasteiger partial charge in [0.1, 0.15) is 0 Å². The number of rotatable bonds is 8. The molecular weight excluding hydrogens is 248 g/mol. The molecule has 1 aromatic heterocycles. The Morgan fingerprint density at radius 3 is 2.83 bits per heavy atom. The second-order valence-corrected chi connectivity index (χ2v) is 5.49.